The van der Waals surface area contributed by atoms with Crippen molar-refractivity contribution in [3.8, 4) is 17.3 Å². The molecule has 0 aliphatic carbocycles. The summed E-state index contributed by atoms with van der Waals surface area (Å²) in [5.41, 5.74) is 4.88. The zero-order valence-electron chi connectivity index (χ0n) is 23.6. The van der Waals surface area contributed by atoms with E-state index in [1.807, 2.05) is 6.07 Å². The Balaban J connectivity index is 1.11. The number of benzene rings is 3. The topological polar surface area (TPSA) is 119 Å². The molecule has 0 spiro atoms. The van der Waals surface area contributed by atoms with Gasteiger partial charge in [-0.3, -0.25) is 9.82 Å². The molecule has 0 atom stereocenters. The molecule has 0 radical (unpaired) electrons. The van der Waals surface area contributed by atoms with Crippen molar-refractivity contribution in [3.63, 3.8) is 0 Å². The second-order valence-electron chi connectivity index (χ2n) is 11.2. The Bertz CT molecular complexity index is 1820. The highest BCUT2D eigenvalue weighted by atomic mass is 32.2. The molecule has 5 aromatic rings. The molecule has 4 heterocycles. The van der Waals surface area contributed by atoms with Gasteiger partial charge in [0.2, 0.25) is 0 Å². The van der Waals surface area contributed by atoms with Crippen LogP contribution in [0.1, 0.15) is 32.1 Å². The third-order valence-corrected chi connectivity index (χ3v) is 10.0. The van der Waals surface area contributed by atoms with E-state index in [1.54, 1.807) is 31.4 Å². The van der Waals surface area contributed by atoms with Crippen LogP contribution in [0.4, 0.5) is 11.4 Å². The van der Waals surface area contributed by atoms with Gasteiger partial charge in [0.05, 0.1) is 28.6 Å². The van der Waals surface area contributed by atoms with Gasteiger partial charge in [-0.1, -0.05) is 6.42 Å². The van der Waals surface area contributed by atoms with Gasteiger partial charge in [0.15, 0.2) is 5.82 Å². The number of aromatic amines is 2. The molecule has 2 aliphatic heterocycles. The first-order chi connectivity index (χ1) is 20.5. The van der Waals surface area contributed by atoms with Crippen molar-refractivity contribution in [1.82, 2.24) is 25.1 Å². The minimum Gasteiger partial charge on any atom is -0.497 e. The molecule has 3 aromatic carbocycles. The van der Waals surface area contributed by atoms with E-state index in [2.05, 4.69) is 47.9 Å². The molecule has 3 N–H and O–H groups in total. The molecular weight excluding hydrogens is 550 g/mol. The molecule has 42 heavy (non-hydrogen) atoms. The Hall–Kier alpha value is -4.09. The van der Waals surface area contributed by atoms with Crippen molar-refractivity contribution in [1.29, 1.82) is 0 Å². The third kappa shape index (κ3) is 5.18. The molecule has 2 saturated heterocycles. The number of fused-ring (bicyclic) bond motifs is 2. The Morgan fingerprint density at radius 3 is 2.45 bits per heavy atom. The summed E-state index contributed by atoms with van der Waals surface area (Å²) in [5, 5.41) is 8.33. The summed E-state index contributed by atoms with van der Waals surface area (Å²) in [6.45, 7) is 4.64. The molecule has 2 aromatic heterocycles. The lowest BCUT2D eigenvalue weighted by Crippen LogP contribution is -2.46. The monoisotopic (exact) mass is 585 g/mol. The summed E-state index contributed by atoms with van der Waals surface area (Å²) in [7, 11) is -2.24. The van der Waals surface area contributed by atoms with E-state index in [4.69, 9.17) is 9.72 Å². The highest BCUT2D eigenvalue weighted by molar-refractivity contribution is 7.92. The smallest absolute Gasteiger partial charge is 0.261 e. The fourth-order valence-corrected chi connectivity index (χ4v) is 7.36. The van der Waals surface area contributed by atoms with Crippen LogP contribution in [0.15, 0.2) is 65.6 Å². The molecule has 7 rings (SSSR count). The van der Waals surface area contributed by atoms with Crippen LogP contribution in [0, 0.1) is 0 Å². The van der Waals surface area contributed by atoms with Gasteiger partial charge in [-0.15, -0.1) is 0 Å². The molecule has 218 valence electrons. The van der Waals surface area contributed by atoms with Crippen molar-refractivity contribution < 1.29 is 13.2 Å². The summed E-state index contributed by atoms with van der Waals surface area (Å²) in [5.74, 6) is 1.22. The van der Waals surface area contributed by atoms with Gasteiger partial charge in [0.1, 0.15) is 11.4 Å². The normalized spacial score (nSPS) is 17.2. The molecule has 2 fully saturated rings. The highest BCUT2D eigenvalue weighted by Gasteiger charge is 2.26. The van der Waals surface area contributed by atoms with Crippen LogP contribution in [-0.4, -0.2) is 72.8 Å². The quantitative estimate of drug-likeness (QED) is 0.235. The number of rotatable bonds is 7. The van der Waals surface area contributed by atoms with E-state index >= 15 is 0 Å². The lowest BCUT2D eigenvalue weighted by molar-refractivity contribution is 0.141. The number of hydrogen-bond donors (Lipinski definition) is 3. The zero-order chi connectivity index (χ0) is 28.7. The van der Waals surface area contributed by atoms with Crippen molar-refractivity contribution in [2.24, 2.45) is 0 Å². The molecule has 2 aliphatic rings. The van der Waals surface area contributed by atoms with Crippen LogP contribution in [0.5, 0.6) is 5.75 Å². The number of methoxy groups -OCH3 is 1. The number of piperidine rings is 2. The van der Waals surface area contributed by atoms with Gasteiger partial charge in [-0.2, -0.15) is 5.10 Å². The maximum atomic E-state index is 13.0. The number of anilines is 2. The third-order valence-electron chi connectivity index (χ3n) is 8.61. The maximum Gasteiger partial charge on any atom is 0.261 e. The number of H-pyrrole nitrogens is 2. The first-order valence-electron chi connectivity index (χ1n) is 14.6. The van der Waals surface area contributed by atoms with Crippen LogP contribution >= 0.6 is 0 Å². The van der Waals surface area contributed by atoms with E-state index in [0.717, 1.165) is 35.0 Å². The van der Waals surface area contributed by atoms with Crippen molar-refractivity contribution >= 4 is 43.3 Å². The SMILES string of the molecule is COc1ccc(S(=O)(=O)Nc2ccc3[nH]nc(-c4nc5ccc(N6CCC(N7CCCCC7)CC6)cc5[nH]4)c3c2)cc1. The lowest BCUT2D eigenvalue weighted by atomic mass is 9.99. The summed E-state index contributed by atoms with van der Waals surface area (Å²) in [4.78, 5) is 13.6. The van der Waals surface area contributed by atoms with Gasteiger partial charge >= 0.3 is 0 Å². The molecular formula is C31H35N7O3S. The number of nitrogens with zero attached hydrogens (tertiary/aromatic N) is 4. The van der Waals surface area contributed by atoms with Crippen LogP contribution in [0.25, 0.3) is 33.5 Å². The number of ether oxygens (including phenoxy) is 1. The van der Waals surface area contributed by atoms with E-state index < -0.39 is 10.0 Å². The van der Waals surface area contributed by atoms with Crippen molar-refractivity contribution in [3.05, 3.63) is 60.7 Å². The molecule has 11 heteroatoms. The van der Waals surface area contributed by atoms with E-state index in [9.17, 15) is 8.42 Å². The second-order valence-corrected chi connectivity index (χ2v) is 12.9. The van der Waals surface area contributed by atoms with Crippen LogP contribution < -0.4 is 14.4 Å². The first kappa shape index (κ1) is 26.8. The number of hydrogen-bond acceptors (Lipinski definition) is 7. The summed E-state index contributed by atoms with van der Waals surface area (Å²) in [6, 6.07) is 18.7. The second kappa shape index (κ2) is 11.0. The minimum absolute atomic E-state index is 0.152. The van der Waals surface area contributed by atoms with Crippen molar-refractivity contribution in [2.75, 3.05) is 42.9 Å². The predicted molar refractivity (Wildman–Crippen MR) is 166 cm³/mol. The Morgan fingerprint density at radius 2 is 1.69 bits per heavy atom. The number of likely N-dealkylation sites (tertiary alicyclic amines) is 1. The average Bonchev–Trinajstić information content (AvgIpc) is 3.65. The molecule has 0 bridgehead atoms. The number of imidazole rings is 1. The van der Waals surface area contributed by atoms with E-state index in [0.29, 0.717) is 29.0 Å². The number of aromatic nitrogens is 4. The standard InChI is InChI=1S/C31H35N7O3S/c1-41-24-7-9-25(10-8-24)42(39,40)36-21-5-11-27-26(19-21)30(35-34-27)31-32-28-12-6-23(20-29(28)33-31)38-17-13-22(14-18-38)37-15-3-2-4-16-37/h5-12,19-20,22,36H,2-4,13-18H2,1H3,(H,32,33)(H,34,35). The molecule has 10 nitrogen and oxygen atoms in total. The van der Waals surface area contributed by atoms with Crippen LogP contribution in [-0.2, 0) is 10.0 Å². The van der Waals surface area contributed by atoms with E-state index in [-0.39, 0.29) is 4.90 Å². The van der Waals surface area contributed by atoms with Gasteiger partial charge in [-0.05, 0) is 99.4 Å². The van der Waals surface area contributed by atoms with Crippen LogP contribution in [0.3, 0.4) is 0 Å². The van der Waals surface area contributed by atoms with Gasteiger partial charge in [-0.25, -0.2) is 13.4 Å². The largest absolute Gasteiger partial charge is 0.497 e. The fraction of sp³-hybridized carbons (Fsp3) is 0.355. The summed E-state index contributed by atoms with van der Waals surface area (Å²) in [6.07, 6.45) is 6.46. The van der Waals surface area contributed by atoms with Gasteiger partial charge in [0, 0.05) is 35.9 Å². The Labute approximate surface area is 245 Å². The van der Waals surface area contributed by atoms with Crippen LogP contribution in [0.2, 0.25) is 0 Å². The Morgan fingerprint density at radius 1 is 0.905 bits per heavy atom. The van der Waals surface area contributed by atoms with Gasteiger partial charge in [0.25, 0.3) is 10.0 Å². The highest BCUT2D eigenvalue weighted by Crippen LogP contribution is 2.31. The Kier molecular flexibility index (Phi) is 6.99. The number of sulfonamides is 1. The molecule has 0 saturated carbocycles. The minimum atomic E-state index is -3.78. The lowest BCUT2D eigenvalue weighted by Gasteiger charge is -2.41. The first-order valence-corrected chi connectivity index (χ1v) is 16.1. The number of nitrogens with one attached hydrogen (secondary N) is 3. The van der Waals surface area contributed by atoms with E-state index in [1.165, 1.54) is 63.0 Å². The predicted octanol–water partition coefficient (Wildman–Crippen LogP) is 5.37. The van der Waals surface area contributed by atoms with Gasteiger partial charge < -0.3 is 19.5 Å². The zero-order valence-corrected chi connectivity index (χ0v) is 24.5. The molecule has 0 unspecified atom stereocenters. The van der Waals surface area contributed by atoms with Crippen molar-refractivity contribution in [2.45, 2.75) is 43.0 Å². The summed E-state index contributed by atoms with van der Waals surface area (Å²) < 4.78 is 33.8. The molecule has 0 amide bonds. The fourth-order valence-electron chi connectivity index (χ4n) is 6.31. The average molecular weight is 586 g/mol. The summed E-state index contributed by atoms with van der Waals surface area (Å²) >= 11 is 0. The maximum absolute atomic E-state index is 13.0.